The zero-order chi connectivity index (χ0) is 12.5. The monoisotopic (exact) mass is 260 g/mol. The molecule has 2 saturated heterocycles. The van der Waals surface area contributed by atoms with Crippen LogP contribution in [0.15, 0.2) is 0 Å². The second-order valence-electron chi connectivity index (χ2n) is 5.85. The molecule has 0 saturated carbocycles. The molecule has 2 aliphatic rings. The molecule has 2 fully saturated rings. The molecule has 0 radical (unpaired) electrons. The lowest BCUT2D eigenvalue weighted by Gasteiger charge is -2.36. The van der Waals surface area contributed by atoms with Gasteiger partial charge in [-0.15, -0.1) is 0 Å². The van der Waals surface area contributed by atoms with Crippen LogP contribution in [0.1, 0.15) is 64.7 Å². The summed E-state index contributed by atoms with van der Waals surface area (Å²) in [6.07, 6.45) is 7.88. The first-order valence-corrected chi connectivity index (χ1v) is 8.54. The molecule has 0 aliphatic carbocycles. The lowest BCUT2D eigenvalue weighted by atomic mass is 9.88. The summed E-state index contributed by atoms with van der Waals surface area (Å²) in [6, 6.07) is 0. The van der Waals surface area contributed by atoms with Crippen LogP contribution in [0, 0.1) is 0 Å². The van der Waals surface area contributed by atoms with Crippen LogP contribution in [0.25, 0.3) is 0 Å². The van der Waals surface area contributed by atoms with Crippen molar-refractivity contribution in [3.05, 3.63) is 0 Å². The summed E-state index contributed by atoms with van der Waals surface area (Å²) in [4.78, 5) is 0. The van der Waals surface area contributed by atoms with Crippen LogP contribution in [0.3, 0.4) is 0 Å². The van der Waals surface area contributed by atoms with Gasteiger partial charge < -0.3 is 5.11 Å². The fourth-order valence-corrected chi connectivity index (χ4v) is 5.98. The second kappa shape index (κ2) is 4.88. The van der Waals surface area contributed by atoms with Gasteiger partial charge >= 0.3 is 0 Å². The largest absolute Gasteiger partial charge is 0.390 e. The van der Waals surface area contributed by atoms with Gasteiger partial charge in [0.25, 0.3) is 0 Å². The van der Waals surface area contributed by atoms with E-state index in [2.05, 4.69) is 6.92 Å². The highest BCUT2D eigenvalue weighted by Crippen LogP contribution is 2.44. The van der Waals surface area contributed by atoms with E-state index in [1.165, 1.54) is 12.8 Å². The third kappa shape index (κ3) is 2.68. The van der Waals surface area contributed by atoms with Gasteiger partial charge in [-0.25, -0.2) is 8.42 Å². The van der Waals surface area contributed by atoms with E-state index in [1.54, 1.807) is 0 Å². The molecule has 2 unspecified atom stereocenters. The van der Waals surface area contributed by atoms with Gasteiger partial charge in [0.2, 0.25) is 0 Å². The van der Waals surface area contributed by atoms with Crippen molar-refractivity contribution in [3.8, 4) is 0 Å². The summed E-state index contributed by atoms with van der Waals surface area (Å²) in [5.74, 6) is 0. The topological polar surface area (TPSA) is 54.4 Å². The van der Waals surface area contributed by atoms with E-state index >= 15 is 0 Å². The van der Waals surface area contributed by atoms with Gasteiger partial charge in [0.15, 0.2) is 9.84 Å². The molecule has 4 heteroatoms. The summed E-state index contributed by atoms with van der Waals surface area (Å²) in [5, 5.41) is 10.0. The maximum Gasteiger partial charge on any atom is 0.156 e. The zero-order valence-corrected chi connectivity index (χ0v) is 11.5. The summed E-state index contributed by atoms with van der Waals surface area (Å²) in [5.41, 5.74) is -0.690. The third-order valence-electron chi connectivity index (χ3n) is 4.45. The number of fused-ring (bicyclic) bond motifs is 2. The number of rotatable bonds is 5. The van der Waals surface area contributed by atoms with Gasteiger partial charge in [0, 0.05) is 0 Å². The van der Waals surface area contributed by atoms with Gasteiger partial charge in [0.05, 0.1) is 16.1 Å². The average molecular weight is 260 g/mol. The van der Waals surface area contributed by atoms with Gasteiger partial charge in [-0.2, -0.15) is 0 Å². The standard InChI is InChI=1S/C13H24O3S/c1-2-3-4-5-8-13(14)9-11-6-7-12(10-13)17(11,15)16/h11-12,14H,2-10H2,1H3. The predicted octanol–water partition coefficient (Wildman–Crippen LogP) is 2.43. The fraction of sp³-hybridized carbons (Fsp3) is 1.00. The van der Waals surface area contributed by atoms with Crippen molar-refractivity contribution >= 4 is 9.84 Å². The minimum absolute atomic E-state index is 0.252. The van der Waals surface area contributed by atoms with Crippen molar-refractivity contribution in [2.24, 2.45) is 0 Å². The number of hydrogen-bond donors (Lipinski definition) is 1. The zero-order valence-electron chi connectivity index (χ0n) is 10.7. The fourth-order valence-electron chi connectivity index (χ4n) is 3.42. The Morgan fingerprint density at radius 2 is 1.71 bits per heavy atom. The predicted molar refractivity (Wildman–Crippen MR) is 68.7 cm³/mol. The Hall–Kier alpha value is -0.0900. The second-order valence-corrected chi connectivity index (χ2v) is 8.37. The Kier molecular flexibility index (Phi) is 3.83. The first-order chi connectivity index (χ1) is 7.98. The van der Waals surface area contributed by atoms with Crippen LogP contribution in [-0.4, -0.2) is 29.6 Å². The molecule has 0 amide bonds. The van der Waals surface area contributed by atoms with Crippen LogP contribution >= 0.6 is 0 Å². The lowest BCUT2D eigenvalue weighted by molar-refractivity contribution is 0.0109. The Balaban J connectivity index is 1.92. The van der Waals surface area contributed by atoms with E-state index in [1.807, 2.05) is 0 Å². The van der Waals surface area contributed by atoms with E-state index < -0.39 is 15.4 Å². The van der Waals surface area contributed by atoms with Gasteiger partial charge in [-0.05, 0) is 32.1 Å². The van der Waals surface area contributed by atoms with E-state index in [9.17, 15) is 13.5 Å². The van der Waals surface area contributed by atoms with Crippen molar-refractivity contribution in [1.82, 2.24) is 0 Å². The van der Waals surface area contributed by atoms with Crippen LogP contribution in [0.2, 0.25) is 0 Å². The van der Waals surface area contributed by atoms with Crippen molar-refractivity contribution in [2.45, 2.75) is 80.8 Å². The third-order valence-corrected chi connectivity index (χ3v) is 7.11. The summed E-state index contributed by atoms with van der Waals surface area (Å²) in [7, 11) is -2.90. The number of unbranched alkanes of at least 4 members (excludes halogenated alkanes) is 3. The van der Waals surface area contributed by atoms with E-state index in [-0.39, 0.29) is 10.5 Å². The quantitative estimate of drug-likeness (QED) is 0.772. The van der Waals surface area contributed by atoms with Gasteiger partial charge in [-0.1, -0.05) is 32.6 Å². The molecule has 100 valence electrons. The number of hydrogen-bond acceptors (Lipinski definition) is 3. The molecule has 0 spiro atoms. The molecular weight excluding hydrogens is 236 g/mol. The van der Waals surface area contributed by atoms with E-state index in [0.717, 1.165) is 32.1 Å². The van der Waals surface area contributed by atoms with Crippen molar-refractivity contribution < 1.29 is 13.5 Å². The highest BCUT2D eigenvalue weighted by Gasteiger charge is 2.52. The first kappa shape index (κ1) is 13.3. The maximum atomic E-state index is 11.9. The maximum absolute atomic E-state index is 11.9. The molecule has 0 aromatic rings. The van der Waals surface area contributed by atoms with Crippen molar-refractivity contribution in [3.63, 3.8) is 0 Å². The van der Waals surface area contributed by atoms with Crippen molar-refractivity contribution in [2.75, 3.05) is 0 Å². The molecule has 2 rings (SSSR count). The number of sulfone groups is 1. The Bertz CT molecular complexity index is 341. The summed E-state index contributed by atoms with van der Waals surface area (Å²) in [6.45, 7) is 2.17. The van der Waals surface area contributed by atoms with Gasteiger partial charge in [-0.3, -0.25) is 0 Å². The van der Waals surface area contributed by atoms with Crippen LogP contribution in [0.5, 0.6) is 0 Å². The highest BCUT2D eigenvalue weighted by molar-refractivity contribution is 7.93. The Morgan fingerprint density at radius 1 is 1.12 bits per heavy atom. The minimum atomic E-state index is -2.90. The average Bonchev–Trinajstić information content (AvgIpc) is 2.47. The Labute approximate surface area is 105 Å². The van der Waals surface area contributed by atoms with E-state index in [0.29, 0.717) is 12.8 Å². The molecule has 1 N–H and O–H groups in total. The first-order valence-electron chi connectivity index (χ1n) is 6.93. The highest BCUT2D eigenvalue weighted by atomic mass is 32.2. The summed E-state index contributed by atoms with van der Waals surface area (Å²) < 4.78 is 23.9. The van der Waals surface area contributed by atoms with Crippen molar-refractivity contribution in [1.29, 1.82) is 0 Å². The van der Waals surface area contributed by atoms with Crippen LogP contribution < -0.4 is 0 Å². The SMILES string of the molecule is CCCCCCC1(O)CC2CCC(C1)S2(=O)=O. The van der Waals surface area contributed by atoms with Crippen LogP contribution in [-0.2, 0) is 9.84 Å². The molecule has 3 nitrogen and oxygen atoms in total. The normalized spacial score (nSPS) is 39.4. The minimum Gasteiger partial charge on any atom is -0.390 e. The van der Waals surface area contributed by atoms with Gasteiger partial charge in [0.1, 0.15) is 0 Å². The molecule has 17 heavy (non-hydrogen) atoms. The molecule has 0 aromatic carbocycles. The molecule has 2 aliphatic heterocycles. The molecule has 2 bridgehead atoms. The van der Waals surface area contributed by atoms with E-state index in [4.69, 9.17) is 0 Å². The Morgan fingerprint density at radius 3 is 2.24 bits per heavy atom. The lowest BCUT2D eigenvalue weighted by Crippen LogP contribution is -2.44. The molecule has 2 atom stereocenters. The molecule has 2 heterocycles. The van der Waals surface area contributed by atoms with Crippen LogP contribution in [0.4, 0.5) is 0 Å². The number of aliphatic hydroxyl groups is 1. The molecule has 0 aromatic heterocycles. The molecular formula is C13H24O3S. The smallest absolute Gasteiger partial charge is 0.156 e. The summed E-state index contributed by atoms with van der Waals surface area (Å²) >= 11 is 0.